The van der Waals surface area contributed by atoms with E-state index in [1.165, 1.54) is 17.2 Å². The number of alkyl halides is 3. The molecular weight excluding hydrogens is 819 g/mol. The molecule has 4 amide bonds. The molecule has 3 saturated carbocycles. The number of likely N-dealkylation sites (tertiary alicyclic amines) is 1. The highest BCUT2D eigenvalue weighted by Gasteiger charge is 2.48. The molecular formula is C43H53ClF3N7O7. The van der Waals surface area contributed by atoms with Crippen LogP contribution in [0.2, 0.25) is 5.02 Å². The molecule has 1 aliphatic heterocycles. The third-order valence-corrected chi connectivity index (χ3v) is 12.4. The lowest BCUT2D eigenvalue weighted by Crippen LogP contribution is -2.61. The molecule has 14 nitrogen and oxygen atoms in total. The van der Waals surface area contributed by atoms with Crippen molar-refractivity contribution in [1.29, 1.82) is 0 Å². The first-order valence-corrected chi connectivity index (χ1v) is 21.6. The van der Waals surface area contributed by atoms with E-state index in [0.29, 0.717) is 17.9 Å². The van der Waals surface area contributed by atoms with Crippen LogP contribution in [0.1, 0.15) is 103 Å². The molecule has 2 aromatic heterocycles. The Morgan fingerprint density at radius 2 is 1.69 bits per heavy atom. The van der Waals surface area contributed by atoms with Gasteiger partial charge in [0, 0.05) is 24.7 Å². The van der Waals surface area contributed by atoms with E-state index < -0.39 is 76.8 Å². The van der Waals surface area contributed by atoms with Gasteiger partial charge in [-0.3, -0.25) is 24.0 Å². The number of hydrogen-bond donors (Lipinski definition) is 4. The van der Waals surface area contributed by atoms with E-state index in [-0.39, 0.29) is 60.3 Å². The van der Waals surface area contributed by atoms with Crippen molar-refractivity contribution in [2.45, 2.75) is 140 Å². The third-order valence-electron chi connectivity index (χ3n) is 12.2. The monoisotopic (exact) mass is 871 g/mol. The Kier molecular flexibility index (Phi) is 13.2. The fourth-order valence-electron chi connectivity index (χ4n) is 8.39. The predicted molar refractivity (Wildman–Crippen MR) is 218 cm³/mol. The molecule has 1 aromatic carbocycles. The van der Waals surface area contributed by atoms with Gasteiger partial charge in [0.25, 0.3) is 11.9 Å². The van der Waals surface area contributed by atoms with Crippen molar-refractivity contribution in [2.24, 2.45) is 17.3 Å². The van der Waals surface area contributed by atoms with E-state index in [1.807, 2.05) is 0 Å². The largest absolute Gasteiger partial charge is 0.472 e. The molecule has 7 rings (SSSR count). The van der Waals surface area contributed by atoms with E-state index in [4.69, 9.17) is 20.8 Å². The van der Waals surface area contributed by atoms with Gasteiger partial charge in [-0.05, 0) is 73.6 Å². The van der Waals surface area contributed by atoms with E-state index >= 15 is 0 Å². The van der Waals surface area contributed by atoms with Gasteiger partial charge in [-0.1, -0.05) is 70.9 Å². The first-order chi connectivity index (χ1) is 28.9. The molecule has 0 bridgehead atoms. The normalized spacial score (nSPS) is 21.5. The van der Waals surface area contributed by atoms with E-state index in [0.717, 1.165) is 63.5 Å². The van der Waals surface area contributed by atoms with Crippen molar-refractivity contribution < 1.29 is 46.3 Å². The number of ether oxygens (including phenoxy) is 1. The summed E-state index contributed by atoms with van der Waals surface area (Å²) >= 11 is 6.05. The zero-order chi connectivity index (χ0) is 43.6. The molecule has 3 aromatic rings. The zero-order valence-electron chi connectivity index (χ0n) is 34.5. The second-order valence-electron chi connectivity index (χ2n) is 18.0. The molecule has 4 fully saturated rings. The second-order valence-corrected chi connectivity index (χ2v) is 18.5. The average molecular weight is 872 g/mol. The van der Waals surface area contributed by atoms with Crippen LogP contribution in [-0.2, 0) is 30.1 Å². The number of benzene rings is 1. The Hall–Kier alpha value is -4.93. The van der Waals surface area contributed by atoms with Gasteiger partial charge < -0.3 is 35.3 Å². The summed E-state index contributed by atoms with van der Waals surface area (Å²) in [4.78, 5) is 80.1. The Morgan fingerprint density at radius 3 is 2.31 bits per heavy atom. The molecule has 61 heavy (non-hydrogen) atoms. The zero-order valence-corrected chi connectivity index (χ0v) is 35.2. The van der Waals surface area contributed by atoms with Crippen molar-refractivity contribution in [3.05, 3.63) is 47.1 Å². The van der Waals surface area contributed by atoms with Gasteiger partial charge in [-0.2, -0.15) is 18.2 Å². The fraction of sp³-hybridized carbons (Fsp3) is 0.605. The molecule has 3 heterocycles. The van der Waals surface area contributed by atoms with Crippen LogP contribution >= 0.6 is 11.6 Å². The van der Waals surface area contributed by atoms with Gasteiger partial charge >= 0.3 is 6.18 Å². The van der Waals surface area contributed by atoms with Gasteiger partial charge in [0.1, 0.15) is 29.7 Å². The minimum Gasteiger partial charge on any atom is -0.472 e. The number of nitrogens with one attached hydrogen (secondary N) is 4. The van der Waals surface area contributed by atoms with Crippen LogP contribution < -0.4 is 26.0 Å². The maximum atomic E-state index is 14.9. The standard InChI is InChI=1S/C43H53ClF3N7O7/c1-42(2,3)36(53-38(57)34(24-10-5-4-6-11-24)52-41-51-29-19-25(43(45,46)47)12-16-32(29)61-41)40(59)54-22-28(60-33-17-13-26(44)21-48-33)20-31(54)37(56)50-30(18-23-8-7-9-23)35(55)39(58)49-27-14-15-27/h12-13,16-17,19,21,23-24,27-28,30-31,34,36H,4-11,14-15,18,20,22H2,1-3H3,(H,49,58)(H,50,56)(H,51,52)(H,53,57)/t28-,30?,31+,34+,36-/m1/s1. The summed E-state index contributed by atoms with van der Waals surface area (Å²) in [6, 6.07) is 1.51. The van der Waals surface area contributed by atoms with Crippen molar-refractivity contribution >= 4 is 58.1 Å². The number of oxazole rings is 1. The minimum absolute atomic E-state index is 0.0192. The highest BCUT2D eigenvalue weighted by atomic mass is 35.5. The molecule has 330 valence electrons. The number of pyridine rings is 1. The number of carbonyl (C=O) groups excluding carboxylic acids is 5. The number of rotatable bonds is 15. The number of anilines is 1. The van der Waals surface area contributed by atoms with Crippen molar-refractivity contribution in [2.75, 3.05) is 11.9 Å². The van der Waals surface area contributed by atoms with E-state index in [1.54, 1.807) is 32.9 Å². The lowest BCUT2D eigenvalue weighted by Gasteiger charge is -2.37. The summed E-state index contributed by atoms with van der Waals surface area (Å²) < 4.78 is 52.3. The number of aromatic nitrogens is 2. The van der Waals surface area contributed by atoms with Crippen LogP contribution in [0.15, 0.2) is 40.9 Å². The molecule has 0 spiro atoms. The van der Waals surface area contributed by atoms with Gasteiger partial charge in [0.2, 0.25) is 29.4 Å². The van der Waals surface area contributed by atoms with Crippen LogP contribution in [0.5, 0.6) is 5.88 Å². The number of amides is 4. The highest BCUT2D eigenvalue weighted by molar-refractivity contribution is 6.38. The molecule has 4 aliphatic rings. The number of nitrogens with zero attached hydrogens (tertiary/aromatic N) is 3. The number of ketones is 1. The van der Waals surface area contributed by atoms with Crippen LogP contribution in [0.25, 0.3) is 11.1 Å². The Morgan fingerprint density at radius 1 is 0.951 bits per heavy atom. The SMILES string of the molecule is CC(C)(C)[C@H](NC(=O)[C@@H](Nc1nc2cc(C(F)(F)F)ccc2o1)C1CCCCC1)C(=O)N1C[C@H](Oc2ccc(Cl)cn2)C[C@H]1C(=O)NC(CC1CCC1)C(=O)C(=O)NC1CC1. The smallest absolute Gasteiger partial charge is 0.416 e. The average Bonchev–Trinajstić information content (AvgIpc) is 3.75. The minimum atomic E-state index is -4.59. The molecule has 4 N–H and O–H groups in total. The second kappa shape index (κ2) is 18.2. The lowest BCUT2D eigenvalue weighted by atomic mass is 9.80. The van der Waals surface area contributed by atoms with Crippen LogP contribution in [0, 0.1) is 17.3 Å². The molecule has 1 saturated heterocycles. The quantitative estimate of drug-likeness (QED) is 0.125. The number of fused-ring (bicyclic) bond motifs is 1. The van der Waals surface area contributed by atoms with E-state index in [9.17, 15) is 37.1 Å². The van der Waals surface area contributed by atoms with Crippen LogP contribution in [-0.4, -0.2) is 87.1 Å². The number of Topliss-reactive ketones (excluding diaryl/α,β-unsaturated/α-hetero) is 1. The Bertz CT molecular complexity index is 2100. The van der Waals surface area contributed by atoms with Gasteiger partial charge in [0.15, 0.2) is 5.58 Å². The number of carbonyl (C=O) groups is 5. The van der Waals surface area contributed by atoms with Gasteiger partial charge in [-0.15, -0.1) is 0 Å². The predicted octanol–water partition coefficient (Wildman–Crippen LogP) is 6.36. The maximum absolute atomic E-state index is 14.9. The Balaban J connectivity index is 1.14. The summed E-state index contributed by atoms with van der Waals surface area (Å²) in [5, 5.41) is 12.0. The lowest BCUT2D eigenvalue weighted by molar-refractivity contribution is -0.145. The first kappa shape index (κ1) is 44.1. The van der Waals surface area contributed by atoms with Crippen molar-refractivity contribution in [3.8, 4) is 5.88 Å². The summed E-state index contributed by atoms with van der Waals surface area (Å²) in [6.45, 7) is 5.27. The fourth-order valence-corrected chi connectivity index (χ4v) is 8.50. The van der Waals surface area contributed by atoms with Crippen LogP contribution in [0.4, 0.5) is 19.2 Å². The van der Waals surface area contributed by atoms with Gasteiger partial charge in [0.05, 0.1) is 23.2 Å². The molecule has 1 unspecified atom stereocenters. The molecule has 18 heteroatoms. The van der Waals surface area contributed by atoms with Gasteiger partial charge in [-0.25, -0.2) is 4.98 Å². The summed E-state index contributed by atoms with van der Waals surface area (Å²) in [6.07, 6.45) is 4.72. The van der Waals surface area contributed by atoms with E-state index in [2.05, 4.69) is 31.2 Å². The highest BCUT2D eigenvalue weighted by Crippen LogP contribution is 2.35. The summed E-state index contributed by atoms with van der Waals surface area (Å²) in [5.74, 6) is -3.08. The topological polar surface area (TPSA) is 185 Å². The molecule has 0 radical (unpaired) electrons. The first-order valence-electron chi connectivity index (χ1n) is 21.2. The maximum Gasteiger partial charge on any atom is 0.416 e. The Labute approximate surface area is 356 Å². The number of hydrogen-bond acceptors (Lipinski definition) is 10. The summed E-state index contributed by atoms with van der Waals surface area (Å²) in [5.41, 5.74) is -1.73. The van der Waals surface area contributed by atoms with Crippen LogP contribution in [0.3, 0.4) is 0 Å². The van der Waals surface area contributed by atoms with Crippen molar-refractivity contribution in [3.63, 3.8) is 0 Å². The van der Waals surface area contributed by atoms with Crippen molar-refractivity contribution in [1.82, 2.24) is 30.8 Å². The number of halogens is 4. The third kappa shape index (κ3) is 10.9. The molecule has 5 atom stereocenters. The molecule has 3 aliphatic carbocycles. The summed E-state index contributed by atoms with van der Waals surface area (Å²) in [7, 11) is 0.